The topological polar surface area (TPSA) is 37.4 Å². The second-order valence-electron chi connectivity index (χ2n) is 6.28. The summed E-state index contributed by atoms with van der Waals surface area (Å²) in [5.74, 6) is 2.89. The standard InChI is InChI=1S/C13H25NO2S/c1-10(2)13-6-12(7-13)9-14-4-5-17(15,16)11(3)8-14/h10-13H,4-9H2,1-3H3/t11?,12-,13+. The molecular formula is C13H25NO2S. The molecular weight excluding hydrogens is 234 g/mol. The van der Waals surface area contributed by atoms with E-state index < -0.39 is 9.84 Å². The van der Waals surface area contributed by atoms with E-state index in [2.05, 4.69) is 18.7 Å². The van der Waals surface area contributed by atoms with Crippen molar-refractivity contribution >= 4 is 9.84 Å². The first kappa shape index (κ1) is 13.3. The highest BCUT2D eigenvalue weighted by Gasteiger charge is 2.35. The average Bonchev–Trinajstić information content (AvgIpc) is 2.16. The Morgan fingerprint density at radius 1 is 1.29 bits per heavy atom. The zero-order valence-electron chi connectivity index (χ0n) is 11.2. The second kappa shape index (κ2) is 4.88. The largest absolute Gasteiger partial charge is 0.301 e. The molecule has 2 rings (SSSR count). The number of nitrogens with zero attached hydrogens (tertiary/aromatic N) is 1. The third-order valence-corrected chi connectivity index (χ3v) is 6.68. The predicted octanol–water partition coefficient (Wildman–Crippen LogP) is 1.79. The summed E-state index contributed by atoms with van der Waals surface area (Å²) in [6.45, 7) is 9.05. The summed E-state index contributed by atoms with van der Waals surface area (Å²) in [5, 5.41) is -0.169. The van der Waals surface area contributed by atoms with Crippen molar-refractivity contribution < 1.29 is 8.42 Å². The van der Waals surface area contributed by atoms with E-state index in [9.17, 15) is 8.42 Å². The van der Waals surface area contributed by atoms with Gasteiger partial charge < -0.3 is 4.90 Å². The van der Waals surface area contributed by atoms with Crippen molar-refractivity contribution in [3.8, 4) is 0 Å². The fourth-order valence-corrected chi connectivity index (χ4v) is 4.39. The van der Waals surface area contributed by atoms with Gasteiger partial charge in [0.25, 0.3) is 0 Å². The Bertz CT molecular complexity index is 358. The normalized spacial score (nSPS) is 38.0. The Balaban J connectivity index is 1.76. The van der Waals surface area contributed by atoms with Gasteiger partial charge in [0.2, 0.25) is 0 Å². The highest BCUT2D eigenvalue weighted by Crippen LogP contribution is 2.39. The lowest BCUT2D eigenvalue weighted by Gasteiger charge is -2.42. The summed E-state index contributed by atoms with van der Waals surface area (Å²) in [6.07, 6.45) is 2.69. The van der Waals surface area contributed by atoms with Crippen LogP contribution in [0.2, 0.25) is 0 Å². The van der Waals surface area contributed by atoms with Gasteiger partial charge in [-0.2, -0.15) is 0 Å². The molecule has 1 aliphatic heterocycles. The van der Waals surface area contributed by atoms with Gasteiger partial charge in [-0.05, 0) is 37.5 Å². The molecule has 1 atom stereocenters. The minimum absolute atomic E-state index is 0.169. The molecule has 1 unspecified atom stereocenters. The Morgan fingerprint density at radius 2 is 1.94 bits per heavy atom. The first-order valence-corrected chi connectivity index (χ1v) is 8.54. The van der Waals surface area contributed by atoms with E-state index in [-0.39, 0.29) is 5.25 Å². The van der Waals surface area contributed by atoms with Gasteiger partial charge in [-0.1, -0.05) is 13.8 Å². The van der Waals surface area contributed by atoms with Gasteiger partial charge >= 0.3 is 0 Å². The summed E-state index contributed by atoms with van der Waals surface area (Å²) in [5.41, 5.74) is 0. The summed E-state index contributed by atoms with van der Waals surface area (Å²) >= 11 is 0. The van der Waals surface area contributed by atoms with E-state index >= 15 is 0 Å². The zero-order valence-corrected chi connectivity index (χ0v) is 12.0. The van der Waals surface area contributed by atoms with Crippen molar-refractivity contribution in [2.45, 2.75) is 38.9 Å². The number of sulfone groups is 1. The maximum Gasteiger partial charge on any atom is 0.155 e. The lowest BCUT2D eigenvalue weighted by molar-refractivity contribution is 0.0960. The Hall–Kier alpha value is -0.0900. The number of hydrogen-bond acceptors (Lipinski definition) is 3. The predicted molar refractivity (Wildman–Crippen MR) is 70.7 cm³/mol. The monoisotopic (exact) mass is 259 g/mol. The maximum atomic E-state index is 11.6. The van der Waals surface area contributed by atoms with Crippen molar-refractivity contribution in [3.63, 3.8) is 0 Å². The molecule has 1 saturated heterocycles. The highest BCUT2D eigenvalue weighted by molar-refractivity contribution is 7.92. The van der Waals surface area contributed by atoms with Crippen molar-refractivity contribution in [2.24, 2.45) is 17.8 Å². The second-order valence-corrected chi connectivity index (χ2v) is 8.82. The highest BCUT2D eigenvalue weighted by atomic mass is 32.2. The van der Waals surface area contributed by atoms with Crippen LogP contribution in [0.1, 0.15) is 33.6 Å². The molecule has 0 N–H and O–H groups in total. The minimum atomic E-state index is -2.78. The van der Waals surface area contributed by atoms with Gasteiger partial charge in [0.15, 0.2) is 9.84 Å². The lowest BCUT2D eigenvalue weighted by Crippen LogP contribution is -2.48. The van der Waals surface area contributed by atoms with Crippen LogP contribution in [0.4, 0.5) is 0 Å². The van der Waals surface area contributed by atoms with E-state index in [4.69, 9.17) is 0 Å². The van der Waals surface area contributed by atoms with Crippen LogP contribution >= 0.6 is 0 Å². The van der Waals surface area contributed by atoms with Gasteiger partial charge in [-0.15, -0.1) is 0 Å². The van der Waals surface area contributed by atoms with Crippen LogP contribution in [0.5, 0.6) is 0 Å². The third kappa shape index (κ3) is 3.02. The van der Waals surface area contributed by atoms with Gasteiger partial charge in [0, 0.05) is 19.6 Å². The molecule has 1 heterocycles. The first-order chi connectivity index (χ1) is 7.88. The molecule has 0 aromatic heterocycles. The number of rotatable bonds is 3. The van der Waals surface area contributed by atoms with E-state index in [0.717, 1.165) is 37.4 Å². The van der Waals surface area contributed by atoms with Crippen molar-refractivity contribution in [1.29, 1.82) is 0 Å². The molecule has 2 fully saturated rings. The van der Waals surface area contributed by atoms with Crippen molar-refractivity contribution in [1.82, 2.24) is 4.90 Å². The molecule has 4 heteroatoms. The van der Waals surface area contributed by atoms with Crippen LogP contribution in [0.15, 0.2) is 0 Å². The Labute approximate surface area is 105 Å². The lowest BCUT2D eigenvalue weighted by atomic mass is 9.69. The molecule has 0 aromatic carbocycles. The van der Waals surface area contributed by atoms with Gasteiger partial charge in [-0.25, -0.2) is 8.42 Å². The van der Waals surface area contributed by atoms with Gasteiger partial charge in [0.1, 0.15) is 0 Å². The fraction of sp³-hybridized carbons (Fsp3) is 1.00. The first-order valence-electron chi connectivity index (χ1n) is 6.82. The number of hydrogen-bond donors (Lipinski definition) is 0. The van der Waals surface area contributed by atoms with E-state index in [1.807, 2.05) is 6.92 Å². The average molecular weight is 259 g/mol. The molecule has 0 amide bonds. The molecule has 0 aromatic rings. The van der Waals surface area contributed by atoms with Gasteiger partial charge in [-0.3, -0.25) is 0 Å². The summed E-state index contributed by atoms with van der Waals surface area (Å²) < 4.78 is 23.2. The van der Waals surface area contributed by atoms with Crippen LogP contribution in [-0.4, -0.2) is 44.0 Å². The molecule has 100 valence electrons. The molecule has 2 aliphatic rings. The van der Waals surface area contributed by atoms with Crippen molar-refractivity contribution in [3.05, 3.63) is 0 Å². The summed E-state index contributed by atoms with van der Waals surface area (Å²) in [6, 6.07) is 0. The van der Waals surface area contributed by atoms with Crippen LogP contribution < -0.4 is 0 Å². The SMILES string of the molecule is CC1CN(C[C@H]2C[C@@H](C(C)C)C2)CCS1(=O)=O. The Kier molecular flexibility index (Phi) is 3.83. The van der Waals surface area contributed by atoms with Crippen LogP contribution in [-0.2, 0) is 9.84 Å². The maximum absolute atomic E-state index is 11.6. The Morgan fingerprint density at radius 3 is 2.47 bits per heavy atom. The van der Waals surface area contributed by atoms with Crippen LogP contribution in [0.3, 0.4) is 0 Å². The smallest absolute Gasteiger partial charge is 0.155 e. The quantitative estimate of drug-likeness (QED) is 0.775. The summed E-state index contributed by atoms with van der Waals surface area (Å²) in [4.78, 5) is 2.35. The van der Waals surface area contributed by atoms with E-state index in [1.165, 1.54) is 12.8 Å². The van der Waals surface area contributed by atoms with E-state index in [0.29, 0.717) is 5.75 Å². The molecule has 0 radical (unpaired) electrons. The third-order valence-electron chi connectivity index (χ3n) is 4.55. The molecule has 0 spiro atoms. The zero-order chi connectivity index (χ0) is 12.6. The van der Waals surface area contributed by atoms with Crippen LogP contribution in [0, 0.1) is 17.8 Å². The van der Waals surface area contributed by atoms with Gasteiger partial charge in [0.05, 0.1) is 11.0 Å². The fourth-order valence-electron chi connectivity index (χ4n) is 3.04. The van der Waals surface area contributed by atoms with Crippen LogP contribution in [0.25, 0.3) is 0 Å². The molecule has 1 aliphatic carbocycles. The molecule has 17 heavy (non-hydrogen) atoms. The van der Waals surface area contributed by atoms with E-state index in [1.54, 1.807) is 0 Å². The minimum Gasteiger partial charge on any atom is -0.301 e. The van der Waals surface area contributed by atoms with Crippen molar-refractivity contribution in [2.75, 3.05) is 25.4 Å². The molecule has 0 bridgehead atoms. The molecule has 3 nitrogen and oxygen atoms in total. The summed E-state index contributed by atoms with van der Waals surface area (Å²) in [7, 11) is -2.78. The molecule has 1 saturated carbocycles.